The van der Waals surface area contributed by atoms with Gasteiger partial charge in [0, 0.05) is 12.7 Å². The van der Waals surface area contributed by atoms with Crippen LogP contribution in [0.25, 0.3) is 0 Å². The van der Waals surface area contributed by atoms with Crippen molar-refractivity contribution in [1.82, 2.24) is 5.32 Å². The molecule has 118 valence electrons. The molecular weight excluding hydrogens is 262 g/mol. The molecule has 1 unspecified atom stereocenters. The average Bonchev–Trinajstić information content (AvgIpc) is 2.55. The zero-order valence-electron chi connectivity index (χ0n) is 13.9. The lowest BCUT2D eigenvalue weighted by Gasteiger charge is -2.40. The molecule has 0 aliphatic carbocycles. The van der Waals surface area contributed by atoms with Crippen LogP contribution >= 0.6 is 0 Å². The van der Waals surface area contributed by atoms with Gasteiger partial charge in [-0.15, -0.1) is 0 Å². The van der Waals surface area contributed by atoms with Crippen molar-refractivity contribution in [1.29, 1.82) is 0 Å². The number of rotatable bonds is 7. The number of nitrogens with one attached hydrogen (secondary N) is 1. The molecule has 0 saturated heterocycles. The third-order valence-corrected chi connectivity index (χ3v) is 4.81. The van der Waals surface area contributed by atoms with Gasteiger partial charge in [-0.1, -0.05) is 39.0 Å². The molecule has 0 bridgehead atoms. The van der Waals surface area contributed by atoms with Gasteiger partial charge in [-0.2, -0.15) is 0 Å². The summed E-state index contributed by atoms with van der Waals surface area (Å²) in [6.45, 7) is 8.29. The van der Waals surface area contributed by atoms with Crippen LogP contribution in [0.15, 0.2) is 18.2 Å². The Morgan fingerprint density at radius 1 is 1.29 bits per heavy atom. The highest BCUT2D eigenvalue weighted by molar-refractivity contribution is 5.45. The number of hydrogen-bond acceptors (Lipinski definition) is 3. The molecule has 0 radical (unpaired) electrons. The normalized spacial score (nSPS) is 16.2. The first-order chi connectivity index (χ1) is 10.2. The fourth-order valence-electron chi connectivity index (χ4n) is 3.49. The van der Waals surface area contributed by atoms with E-state index in [1.54, 1.807) is 0 Å². The van der Waals surface area contributed by atoms with Crippen molar-refractivity contribution in [3.63, 3.8) is 0 Å². The summed E-state index contributed by atoms with van der Waals surface area (Å²) in [5.41, 5.74) is 2.39. The summed E-state index contributed by atoms with van der Waals surface area (Å²) in [5.74, 6) is 1.08. The Kier molecular flexibility index (Phi) is 5.65. The van der Waals surface area contributed by atoms with Gasteiger partial charge in [0.2, 0.25) is 0 Å². The molecule has 1 aromatic rings. The minimum atomic E-state index is -0.189. The van der Waals surface area contributed by atoms with Crippen LogP contribution in [-0.2, 0) is 11.2 Å². The molecule has 1 heterocycles. The highest BCUT2D eigenvalue weighted by atomic mass is 16.5. The molecule has 0 saturated carbocycles. The van der Waals surface area contributed by atoms with Crippen molar-refractivity contribution in [2.24, 2.45) is 0 Å². The SMILES string of the molecule is CCNC(c1cccc2c1OCCC2)C(CC)(CC)OC. The van der Waals surface area contributed by atoms with Gasteiger partial charge in [-0.3, -0.25) is 0 Å². The molecule has 1 aromatic carbocycles. The monoisotopic (exact) mass is 291 g/mol. The maximum atomic E-state index is 6.01. The van der Waals surface area contributed by atoms with Crippen molar-refractivity contribution in [3.05, 3.63) is 29.3 Å². The van der Waals surface area contributed by atoms with Gasteiger partial charge in [-0.05, 0) is 37.8 Å². The Balaban J connectivity index is 2.47. The number of aryl methyl sites for hydroxylation is 1. The van der Waals surface area contributed by atoms with E-state index in [1.165, 1.54) is 11.1 Å². The summed E-state index contributed by atoms with van der Waals surface area (Å²) in [7, 11) is 1.83. The third kappa shape index (κ3) is 3.09. The van der Waals surface area contributed by atoms with Crippen LogP contribution < -0.4 is 10.1 Å². The smallest absolute Gasteiger partial charge is 0.127 e. The van der Waals surface area contributed by atoms with Crippen LogP contribution in [0.5, 0.6) is 5.75 Å². The van der Waals surface area contributed by atoms with Crippen molar-refractivity contribution >= 4 is 0 Å². The molecule has 0 spiro atoms. The second kappa shape index (κ2) is 7.28. The number of fused-ring (bicyclic) bond motifs is 1. The quantitative estimate of drug-likeness (QED) is 0.827. The molecule has 1 aliphatic rings. The summed E-state index contributed by atoms with van der Waals surface area (Å²) in [6, 6.07) is 6.69. The number of methoxy groups -OCH3 is 1. The zero-order chi connectivity index (χ0) is 15.3. The second-order valence-corrected chi connectivity index (χ2v) is 5.75. The van der Waals surface area contributed by atoms with Crippen LogP contribution in [0, 0.1) is 0 Å². The molecule has 0 aromatic heterocycles. The summed E-state index contributed by atoms with van der Waals surface area (Å²) >= 11 is 0. The van der Waals surface area contributed by atoms with Gasteiger partial charge >= 0.3 is 0 Å². The maximum absolute atomic E-state index is 6.01. The van der Waals surface area contributed by atoms with Gasteiger partial charge in [0.05, 0.1) is 18.2 Å². The lowest BCUT2D eigenvalue weighted by molar-refractivity contribution is -0.0488. The fraction of sp³-hybridized carbons (Fsp3) is 0.667. The van der Waals surface area contributed by atoms with Gasteiger partial charge < -0.3 is 14.8 Å². The molecule has 1 aliphatic heterocycles. The van der Waals surface area contributed by atoms with E-state index in [4.69, 9.17) is 9.47 Å². The van der Waals surface area contributed by atoms with E-state index < -0.39 is 0 Å². The molecule has 1 N–H and O–H groups in total. The van der Waals surface area contributed by atoms with Crippen LogP contribution in [0.2, 0.25) is 0 Å². The first kappa shape index (κ1) is 16.3. The van der Waals surface area contributed by atoms with E-state index in [-0.39, 0.29) is 11.6 Å². The molecular formula is C18H29NO2. The first-order valence-electron chi connectivity index (χ1n) is 8.25. The largest absolute Gasteiger partial charge is 0.493 e. The minimum absolute atomic E-state index is 0.163. The number of para-hydroxylation sites is 1. The number of ether oxygens (including phenoxy) is 2. The average molecular weight is 291 g/mol. The Morgan fingerprint density at radius 3 is 2.67 bits per heavy atom. The third-order valence-electron chi connectivity index (χ3n) is 4.81. The van der Waals surface area contributed by atoms with Crippen LogP contribution in [-0.4, -0.2) is 25.9 Å². The summed E-state index contributed by atoms with van der Waals surface area (Å²) in [4.78, 5) is 0. The van der Waals surface area contributed by atoms with Crippen LogP contribution in [0.4, 0.5) is 0 Å². The zero-order valence-corrected chi connectivity index (χ0v) is 13.9. The molecule has 21 heavy (non-hydrogen) atoms. The molecule has 2 rings (SSSR count). The molecule has 0 fully saturated rings. The Hall–Kier alpha value is -1.06. The van der Waals surface area contributed by atoms with Crippen LogP contribution in [0.1, 0.15) is 57.2 Å². The van der Waals surface area contributed by atoms with E-state index in [1.807, 2.05) is 7.11 Å². The Morgan fingerprint density at radius 2 is 2.05 bits per heavy atom. The van der Waals surface area contributed by atoms with E-state index in [0.29, 0.717) is 0 Å². The lowest BCUT2D eigenvalue weighted by Crippen LogP contribution is -2.45. The topological polar surface area (TPSA) is 30.5 Å². The van der Waals surface area contributed by atoms with Gasteiger partial charge in [0.1, 0.15) is 5.75 Å². The van der Waals surface area contributed by atoms with Crippen molar-refractivity contribution in [2.45, 2.75) is 58.1 Å². The summed E-state index contributed by atoms with van der Waals surface area (Å²) < 4.78 is 12.0. The van der Waals surface area contributed by atoms with Crippen LogP contribution in [0.3, 0.4) is 0 Å². The minimum Gasteiger partial charge on any atom is -0.493 e. The maximum Gasteiger partial charge on any atom is 0.127 e. The number of likely N-dealkylation sites (N-methyl/N-ethyl adjacent to an activating group) is 1. The predicted molar refractivity (Wildman–Crippen MR) is 87.0 cm³/mol. The Bertz CT molecular complexity index is 446. The van der Waals surface area contributed by atoms with Gasteiger partial charge in [0.25, 0.3) is 0 Å². The Labute approximate surface area is 129 Å². The summed E-state index contributed by atoms with van der Waals surface area (Å²) in [6.07, 6.45) is 4.17. The standard InChI is InChI=1S/C18H29NO2/c1-5-18(6-2,20-4)17(19-7-3)15-12-8-10-14-11-9-13-21-16(14)15/h8,10,12,17,19H,5-7,9,11,13H2,1-4H3. The molecule has 0 amide bonds. The van der Waals surface area contributed by atoms with E-state index >= 15 is 0 Å². The highest BCUT2D eigenvalue weighted by Gasteiger charge is 2.38. The predicted octanol–water partition coefficient (Wildman–Crippen LogP) is 3.87. The highest BCUT2D eigenvalue weighted by Crippen LogP contribution is 2.41. The van der Waals surface area contributed by atoms with E-state index in [2.05, 4.69) is 44.3 Å². The van der Waals surface area contributed by atoms with Crippen molar-refractivity contribution in [2.75, 3.05) is 20.3 Å². The number of benzene rings is 1. The summed E-state index contributed by atoms with van der Waals surface area (Å²) in [5, 5.41) is 3.64. The first-order valence-corrected chi connectivity index (χ1v) is 8.25. The van der Waals surface area contributed by atoms with E-state index in [0.717, 1.165) is 44.6 Å². The second-order valence-electron chi connectivity index (χ2n) is 5.75. The van der Waals surface area contributed by atoms with Crippen molar-refractivity contribution < 1.29 is 9.47 Å². The lowest BCUT2D eigenvalue weighted by atomic mass is 9.82. The molecule has 3 heteroatoms. The van der Waals surface area contributed by atoms with Crippen molar-refractivity contribution in [3.8, 4) is 5.75 Å². The molecule has 3 nitrogen and oxygen atoms in total. The fourth-order valence-corrected chi connectivity index (χ4v) is 3.49. The van der Waals surface area contributed by atoms with Gasteiger partial charge in [-0.25, -0.2) is 0 Å². The molecule has 1 atom stereocenters. The van der Waals surface area contributed by atoms with Gasteiger partial charge in [0.15, 0.2) is 0 Å². The number of hydrogen-bond donors (Lipinski definition) is 1. The van der Waals surface area contributed by atoms with E-state index in [9.17, 15) is 0 Å².